The number of rotatable bonds is 3. The predicted molar refractivity (Wildman–Crippen MR) is 91.0 cm³/mol. The monoisotopic (exact) mass is 354 g/mol. The molecule has 26 heavy (non-hydrogen) atoms. The van der Waals surface area contributed by atoms with Gasteiger partial charge in [-0.25, -0.2) is 9.80 Å². The zero-order chi connectivity index (χ0) is 18.7. The van der Waals surface area contributed by atoms with Crippen molar-refractivity contribution in [2.24, 2.45) is 10.2 Å². The molecule has 0 spiro atoms. The van der Waals surface area contributed by atoms with Crippen LogP contribution in [0.3, 0.4) is 0 Å². The molecule has 0 aliphatic carbocycles. The van der Waals surface area contributed by atoms with Gasteiger partial charge in [0.25, 0.3) is 0 Å². The number of carbonyl (C=O) groups excluding carboxylic acids is 2. The summed E-state index contributed by atoms with van der Waals surface area (Å²) < 4.78 is 5.37. The first-order valence-corrected chi connectivity index (χ1v) is 7.53. The van der Waals surface area contributed by atoms with E-state index in [1.165, 1.54) is 31.4 Å². The lowest BCUT2D eigenvalue weighted by molar-refractivity contribution is -0.365. The van der Waals surface area contributed by atoms with Crippen LogP contribution in [0.1, 0.15) is 10.4 Å². The molecule has 1 heterocycles. The molecule has 0 saturated carbocycles. The Morgan fingerprint density at radius 2 is 1.96 bits per heavy atom. The van der Waals surface area contributed by atoms with Crippen molar-refractivity contribution < 1.29 is 24.3 Å². The summed E-state index contributed by atoms with van der Waals surface area (Å²) in [4.78, 5) is 23.4. The van der Waals surface area contributed by atoms with Gasteiger partial charge >= 0.3 is 11.7 Å². The Balaban J connectivity index is 1.94. The summed E-state index contributed by atoms with van der Waals surface area (Å²) >= 11 is 0. The van der Waals surface area contributed by atoms with E-state index in [9.17, 15) is 20.0 Å². The van der Waals surface area contributed by atoms with Crippen molar-refractivity contribution in [3.8, 4) is 5.75 Å². The lowest BCUT2D eigenvalue weighted by Crippen LogP contribution is -2.45. The van der Waals surface area contributed by atoms with E-state index in [1.807, 2.05) is 0 Å². The Labute approximate surface area is 148 Å². The Kier molecular flexibility index (Phi) is 4.72. The normalized spacial score (nSPS) is 16.5. The molecular formula is C17H14N4O5. The minimum Gasteiger partial charge on any atom is -0.710 e. The van der Waals surface area contributed by atoms with Gasteiger partial charge in [0, 0.05) is 10.7 Å². The van der Waals surface area contributed by atoms with Crippen LogP contribution in [-0.2, 0) is 4.79 Å². The van der Waals surface area contributed by atoms with Gasteiger partial charge in [-0.1, -0.05) is 12.1 Å². The maximum Gasteiger partial charge on any atom is 0.362 e. The van der Waals surface area contributed by atoms with Gasteiger partial charge in [-0.3, -0.25) is 10.0 Å². The molecule has 0 radical (unpaired) electrons. The summed E-state index contributed by atoms with van der Waals surface area (Å²) in [6.07, 6.45) is 0.340. The number of hydrogen-bond donors (Lipinski definition) is 1. The fraction of sp³-hybridized carbons (Fsp3) is 0.118. The summed E-state index contributed by atoms with van der Waals surface area (Å²) in [6.45, 7) is 0. The molecule has 1 unspecified atom stereocenters. The minimum absolute atomic E-state index is 0.0824. The Morgan fingerprint density at radius 3 is 2.62 bits per heavy atom. The average Bonchev–Trinajstić information content (AvgIpc) is 2.69. The second-order valence-corrected chi connectivity index (χ2v) is 5.30. The molecule has 0 aromatic heterocycles. The van der Waals surface area contributed by atoms with Crippen molar-refractivity contribution in [3.63, 3.8) is 0 Å². The third-order valence-corrected chi connectivity index (χ3v) is 3.79. The molecular weight excluding hydrogens is 340 g/mol. The lowest BCUT2D eigenvalue weighted by atomic mass is 10.1. The van der Waals surface area contributed by atoms with Crippen LogP contribution in [0.25, 0.3) is 0 Å². The summed E-state index contributed by atoms with van der Waals surface area (Å²) in [5, 5.41) is 30.4. The van der Waals surface area contributed by atoms with Crippen LogP contribution >= 0.6 is 0 Å². The smallest absolute Gasteiger partial charge is 0.362 e. The van der Waals surface area contributed by atoms with Gasteiger partial charge in [0.2, 0.25) is 6.04 Å². The van der Waals surface area contributed by atoms with E-state index in [-0.39, 0.29) is 16.9 Å². The largest absolute Gasteiger partial charge is 0.710 e. The number of ether oxygens (including phenoxy) is 1. The second-order valence-electron chi connectivity index (χ2n) is 5.30. The first-order chi connectivity index (χ1) is 12.6. The maximum atomic E-state index is 12.5. The topological polar surface area (TPSA) is 118 Å². The number of para-hydroxylation sites is 2. The molecule has 1 aliphatic rings. The third kappa shape index (κ3) is 3.03. The second kappa shape index (κ2) is 7.11. The van der Waals surface area contributed by atoms with E-state index < -0.39 is 17.8 Å². The SMILES string of the molecule is COc1ccc(C(=O)N=NC2=[N+]([O-])c3ccccc3N(O)C2C=O)cc1. The number of carbonyl (C=O) groups is 2. The number of methoxy groups -OCH3 is 1. The fourth-order valence-corrected chi connectivity index (χ4v) is 2.44. The number of amides is 1. The van der Waals surface area contributed by atoms with Gasteiger partial charge in [0.15, 0.2) is 12.0 Å². The third-order valence-electron chi connectivity index (χ3n) is 3.79. The first-order valence-electron chi connectivity index (χ1n) is 7.53. The molecule has 0 fully saturated rings. The molecule has 1 amide bonds. The van der Waals surface area contributed by atoms with Crippen LogP contribution in [0.5, 0.6) is 5.75 Å². The Morgan fingerprint density at radius 1 is 1.27 bits per heavy atom. The molecule has 1 N–H and O–H groups in total. The van der Waals surface area contributed by atoms with Crippen LogP contribution in [0, 0.1) is 5.21 Å². The van der Waals surface area contributed by atoms with E-state index in [0.29, 0.717) is 21.8 Å². The maximum absolute atomic E-state index is 12.5. The minimum atomic E-state index is -1.38. The van der Waals surface area contributed by atoms with Crippen molar-refractivity contribution in [2.75, 3.05) is 12.2 Å². The van der Waals surface area contributed by atoms with E-state index in [0.717, 1.165) is 0 Å². The molecule has 0 bridgehead atoms. The highest BCUT2D eigenvalue weighted by Crippen LogP contribution is 2.32. The quantitative estimate of drug-likeness (QED) is 0.391. The van der Waals surface area contributed by atoms with Crippen LogP contribution in [-0.4, -0.2) is 41.1 Å². The number of azo groups is 1. The molecule has 9 heteroatoms. The number of amidine groups is 1. The lowest BCUT2D eigenvalue weighted by Gasteiger charge is -2.29. The van der Waals surface area contributed by atoms with Crippen LogP contribution in [0.2, 0.25) is 0 Å². The van der Waals surface area contributed by atoms with Gasteiger partial charge in [-0.2, -0.15) is 0 Å². The standard InChI is InChI=1S/C17H14N4O5/c1-26-12-8-6-11(7-9-12)17(23)19-18-16-15(10-22)20(24)13-4-2-3-5-14(13)21(16)25/h2-10,15,24H,1H3. The van der Waals surface area contributed by atoms with Gasteiger partial charge in [0.05, 0.1) is 12.2 Å². The summed E-state index contributed by atoms with van der Waals surface area (Å²) in [5.74, 6) is -0.552. The molecule has 9 nitrogen and oxygen atoms in total. The molecule has 1 aliphatic heterocycles. The number of anilines is 1. The van der Waals surface area contributed by atoms with Gasteiger partial charge in [-0.15, -0.1) is 0 Å². The average molecular weight is 354 g/mol. The molecule has 3 rings (SSSR count). The first kappa shape index (κ1) is 17.2. The van der Waals surface area contributed by atoms with E-state index in [4.69, 9.17) is 4.74 Å². The highest BCUT2D eigenvalue weighted by molar-refractivity contribution is 6.03. The number of nitrogens with zero attached hydrogens (tertiary/aromatic N) is 4. The predicted octanol–water partition coefficient (Wildman–Crippen LogP) is 2.30. The zero-order valence-corrected chi connectivity index (χ0v) is 13.6. The summed E-state index contributed by atoms with van der Waals surface area (Å²) in [6, 6.07) is 10.9. The number of benzene rings is 2. The van der Waals surface area contributed by atoms with Crippen molar-refractivity contribution in [3.05, 3.63) is 59.3 Å². The highest BCUT2D eigenvalue weighted by Gasteiger charge is 2.37. The van der Waals surface area contributed by atoms with Crippen LogP contribution in [0.15, 0.2) is 58.8 Å². The van der Waals surface area contributed by atoms with E-state index in [1.54, 1.807) is 24.3 Å². The van der Waals surface area contributed by atoms with Gasteiger partial charge < -0.3 is 14.7 Å². The molecule has 2 aromatic carbocycles. The molecule has 1 atom stereocenters. The number of hydroxylamine groups is 1. The van der Waals surface area contributed by atoms with E-state index >= 15 is 0 Å². The zero-order valence-electron chi connectivity index (χ0n) is 13.6. The van der Waals surface area contributed by atoms with E-state index in [2.05, 4.69) is 10.2 Å². The molecule has 2 aromatic rings. The Hall–Kier alpha value is -3.59. The number of aldehydes is 1. The summed E-state index contributed by atoms with van der Waals surface area (Å²) in [5.41, 5.74) is 0.464. The Bertz CT molecular complexity index is 908. The number of fused-ring (bicyclic) bond motifs is 1. The highest BCUT2D eigenvalue weighted by atomic mass is 16.5. The van der Waals surface area contributed by atoms with Crippen LogP contribution < -0.4 is 9.80 Å². The summed E-state index contributed by atoms with van der Waals surface area (Å²) in [7, 11) is 1.50. The van der Waals surface area contributed by atoms with Crippen LogP contribution in [0.4, 0.5) is 11.4 Å². The van der Waals surface area contributed by atoms with Gasteiger partial charge in [-0.05, 0) is 36.4 Å². The van der Waals surface area contributed by atoms with Crippen molar-refractivity contribution in [1.29, 1.82) is 0 Å². The fourth-order valence-electron chi connectivity index (χ4n) is 2.44. The molecule has 132 valence electrons. The van der Waals surface area contributed by atoms with Crippen molar-refractivity contribution in [2.45, 2.75) is 6.04 Å². The number of hydrogen-bond acceptors (Lipinski definition) is 7. The molecule has 0 saturated heterocycles. The van der Waals surface area contributed by atoms with Crippen molar-refractivity contribution >= 4 is 29.4 Å². The van der Waals surface area contributed by atoms with Crippen molar-refractivity contribution in [1.82, 2.24) is 0 Å². The van der Waals surface area contributed by atoms with Gasteiger partial charge in [0.1, 0.15) is 11.4 Å².